The molecule has 0 radical (unpaired) electrons. The van der Waals surface area contributed by atoms with Gasteiger partial charge in [-0.05, 0) is 25.0 Å². The van der Waals surface area contributed by atoms with Crippen molar-refractivity contribution in [3.63, 3.8) is 0 Å². The standard InChI is InChI=1S/C12H18N2O3S/c1-17-11-7-2-3-8-12(11)18(15,16)14-10-6-4-5-9(10)13/h2-3,7-10,14H,4-6,13H2,1H3. The van der Waals surface area contributed by atoms with Crippen LogP contribution in [0.5, 0.6) is 5.75 Å². The number of hydrogen-bond acceptors (Lipinski definition) is 4. The molecule has 1 aromatic rings. The van der Waals surface area contributed by atoms with E-state index in [4.69, 9.17) is 10.5 Å². The Balaban J connectivity index is 2.25. The third-order valence-electron chi connectivity index (χ3n) is 3.23. The molecule has 1 aliphatic carbocycles. The number of para-hydroxylation sites is 1. The molecule has 0 aliphatic heterocycles. The number of rotatable bonds is 4. The van der Waals surface area contributed by atoms with Crippen molar-refractivity contribution >= 4 is 10.0 Å². The highest BCUT2D eigenvalue weighted by molar-refractivity contribution is 7.89. The van der Waals surface area contributed by atoms with Gasteiger partial charge in [-0.25, -0.2) is 13.1 Å². The predicted molar refractivity (Wildman–Crippen MR) is 68.9 cm³/mol. The Labute approximate surface area is 107 Å². The van der Waals surface area contributed by atoms with Crippen molar-refractivity contribution in [1.29, 1.82) is 0 Å². The van der Waals surface area contributed by atoms with Crippen LogP contribution in [0, 0.1) is 0 Å². The van der Waals surface area contributed by atoms with E-state index in [9.17, 15) is 8.42 Å². The SMILES string of the molecule is COc1ccccc1S(=O)(=O)NC1CCCC1N. The summed E-state index contributed by atoms with van der Waals surface area (Å²) in [5.41, 5.74) is 5.88. The van der Waals surface area contributed by atoms with Gasteiger partial charge in [0, 0.05) is 12.1 Å². The minimum atomic E-state index is -3.57. The molecule has 0 bridgehead atoms. The van der Waals surface area contributed by atoms with Crippen LogP contribution in [-0.4, -0.2) is 27.6 Å². The van der Waals surface area contributed by atoms with Gasteiger partial charge in [0.2, 0.25) is 10.0 Å². The summed E-state index contributed by atoms with van der Waals surface area (Å²) in [4.78, 5) is 0.159. The van der Waals surface area contributed by atoms with Gasteiger partial charge in [-0.15, -0.1) is 0 Å². The van der Waals surface area contributed by atoms with Crippen molar-refractivity contribution in [2.45, 2.75) is 36.2 Å². The largest absolute Gasteiger partial charge is 0.495 e. The molecule has 2 unspecified atom stereocenters. The van der Waals surface area contributed by atoms with E-state index in [-0.39, 0.29) is 17.0 Å². The molecule has 2 atom stereocenters. The number of benzene rings is 1. The second kappa shape index (κ2) is 5.26. The number of sulfonamides is 1. The quantitative estimate of drug-likeness (QED) is 0.850. The molecule has 0 saturated heterocycles. The average Bonchev–Trinajstić information content (AvgIpc) is 2.74. The van der Waals surface area contributed by atoms with Crippen LogP contribution in [0.25, 0.3) is 0 Å². The van der Waals surface area contributed by atoms with E-state index in [2.05, 4.69) is 4.72 Å². The Bertz CT molecular complexity index is 516. The fourth-order valence-corrected chi connectivity index (χ4v) is 3.73. The highest BCUT2D eigenvalue weighted by atomic mass is 32.2. The molecule has 1 saturated carbocycles. The van der Waals surface area contributed by atoms with Crippen LogP contribution in [0.2, 0.25) is 0 Å². The van der Waals surface area contributed by atoms with Gasteiger partial charge >= 0.3 is 0 Å². The third-order valence-corrected chi connectivity index (χ3v) is 4.76. The Morgan fingerprint density at radius 1 is 1.33 bits per heavy atom. The van der Waals surface area contributed by atoms with Crippen molar-refractivity contribution in [2.24, 2.45) is 5.73 Å². The van der Waals surface area contributed by atoms with Gasteiger partial charge in [0.05, 0.1) is 7.11 Å². The molecule has 1 fully saturated rings. The Morgan fingerprint density at radius 2 is 2.06 bits per heavy atom. The van der Waals surface area contributed by atoms with E-state index < -0.39 is 10.0 Å². The summed E-state index contributed by atoms with van der Waals surface area (Å²) in [6.07, 6.45) is 2.61. The summed E-state index contributed by atoms with van der Waals surface area (Å²) in [5.74, 6) is 0.344. The maximum atomic E-state index is 12.3. The second-order valence-corrected chi connectivity index (χ2v) is 6.16. The summed E-state index contributed by atoms with van der Waals surface area (Å²) in [6, 6.07) is 6.28. The average molecular weight is 270 g/mol. The molecule has 0 heterocycles. The Morgan fingerprint density at radius 3 is 2.67 bits per heavy atom. The summed E-state index contributed by atoms with van der Waals surface area (Å²) >= 11 is 0. The van der Waals surface area contributed by atoms with Crippen molar-refractivity contribution in [3.8, 4) is 5.75 Å². The first kappa shape index (κ1) is 13.3. The van der Waals surface area contributed by atoms with Gasteiger partial charge < -0.3 is 10.5 Å². The Kier molecular flexibility index (Phi) is 3.89. The number of hydrogen-bond donors (Lipinski definition) is 2. The van der Waals surface area contributed by atoms with Gasteiger partial charge in [0.1, 0.15) is 10.6 Å². The second-order valence-electron chi connectivity index (χ2n) is 4.47. The van der Waals surface area contributed by atoms with Gasteiger partial charge in [-0.2, -0.15) is 0 Å². The predicted octanol–water partition coefficient (Wildman–Crippen LogP) is 0.853. The van der Waals surface area contributed by atoms with Crippen LogP contribution >= 0.6 is 0 Å². The van der Waals surface area contributed by atoms with E-state index in [1.54, 1.807) is 18.2 Å². The molecule has 2 rings (SSSR count). The lowest BCUT2D eigenvalue weighted by atomic mass is 10.2. The van der Waals surface area contributed by atoms with E-state index in [0.717, 1.165) is 19.3 Å². The fourth-order valence-electron chi connectivity index (χ4n) is 2.24. The van der Waals surface area contributed by atoms with Crippen molar-refractivity contribution < 1.29 is 13.2 Å². The maximum Gasteiger partial charge on any atom is 0.244 e. The summed E-state index contributed by atoms with van der Waals surface area (Å²) in [7, 11) is -2.12. The minimum absolute atomic E-state index is 0.102. The molecule has 100 valence electrons. The molecule has 6 heteroatoms. The lowest BCUT2D eigenvalue weighted by Crippen LogP contribution is -2.43. The number of methoxy groups -OCH3 is 1. The number of ether oxygens (including phenoxy) is 1. The highest BCUT2D eigenvalue weighted by Gasteiger charge is 2.29. The first-order valence-corrected chi connectivity index (χ1v) is 7.44. The third kappa shape index (κ3) is 2.66. The zero-order chi connectivity index (χ0) is 13.2. The molecule has 0 aromatic heterocycles. The van der Waals surface area contributed by atoms with E-state index >= 15 is 0 Å². The molecular weight excluding hydrogens is 252 g/mol. The first-order chi connectivity index (χ1) is 8.54. The van der Waals surface area contributed by atoms with E-state index in [1.807, 2.05) is 0 Å². The van der Waals surface area contributed by atoms with Crippen molar-refractivity contribution in [1.82, 2.24) is 4.72 Å². The topological polar surface area (TPSA) is 81.4 Å². The van der Waals surface area contributed by atoms with E-state index in [0.29, 0.717) is 5.75 Å². The van der Waals surface area contributed by atoms with E-state index in [1.165, 1.54) is 13.2 Å². The van der Waals surface area contributed by atoms with Crippen LogP contribution in [-0.2, 0) is 10.0 Å². The monoisotopic (exact) mass is 270 g/mol. The van der Waals surface area contributed by atoms with Crippen LogP contribution < -0.4 is 15.2 Å². The van der Waals surface area contributed by atoms with Crippen LogP contribution in [0.3, 0.4) is 0 Å². The summed E-state index contributed by atoms with van der Waals surface area (Å²) < 4.78 is 32.3. The highest BCUT2D eigenvalue weighted by Crippen LogP contribution is 2.25. The van der Waals surface area contributed by atoms with Gasteiger partial charge in [0.25, 0.3) is 0 Å². The number of nitrogens with two attached hydrogens (primary N) is 1. The zero-order valence-electron chi connectivity index (χ0n) is 10.3. The molecule has 0 amide bonds. The molecule has 0 spiro atoms. The van der Waals surface area contributed by atoms with Gasteiger partial charge in [-0.3, -0.25) is 0 Å². The molecule has 18 heavy (non-hydrogen) atoms. The summed E-state index contributed by atoms with van der Waals surface area (Å²) in [6.45, 7) is 0. The lowest BCUT2D eigenvalue weighted by Gasteiger charge is -2.18. The van der Waals surface area contributed by atoms with Crippen molar-refractivity contribution in [3.05, 3.63) is 24.3 Å². The fraction of sp³-hybridized carbons (Fsp3) is 0.500. The summed E-state index contributed by atoms with van der Waals surface area (Å²) in [5, 5.41) is 0. The van der Waals surface area contributed by atoms with Crippen LogP contribution in [0.4, 0.5) is 0 Å². The Hall–Kier alpha value is -1.11. The normalized spacial score (nSPS) is 24.1. The number of nitrogens with one attached hydrogen (secondary N) is 1. The minimum Gasteiger partial charge on any atom is -0.495 e. The molecule has 1 aromatic carbocycles. The zero-order valence-corrected chi connectivity index (χ0v) is 11.1. The molecular formula is C12H18N2O3S. The van der Waals surface area contributed by atoms with Gasteiger partial charge in [0.15, 0.2) is 0 Å². The molecule has 1 aliphatic rings. The lowest BCUT2D eigenvalue weighted by molar-refractivity contribution is 0.401. The van der Waals surface area contributed by atoms with Gasteiger partial charge in [-0.1, -0.05) is 18.6 Å². The first-order valence-electron chi connectivity index (χ1n) is 5.95. The van der Waals surface area contributed by atoms with Crippen LogP contribution in [0.1, 0.15) is 19.3 Å². The van der Waals surface area contributed by atoms with Crippen LogP contribution in [0.15, 0.2) is 29.2 Å². The maximum absolute atomic E-state index is 12.3. The molecule has 3 N–H and O–H groups in total. The smallest absolute Gasteiger partial charge is 0.244 e. The molecule has 5 nitrogen and oxygen atoms in total. The van der Waals surface area contributed by atoms with Crippen molar-refractivity contribution in [2.75, 3.05) is 7.11 Å².